The number of aromatic hydroxyl groups is 1. The maximum atomic E-state index is 14.4. The molecule has 28 heavy (non-hydrogen) atoms. The number of carbonyl (C=O) groups is 1. The first-order valence-electron chi connectivity index (χ1n) is 8.64. The number of nitrogens with two attached hydrogens (primary N) is 2. The van der Waals surface area contributed by atoms with Gasteiger partial charge in [0.25, 0.3) is 0 Å². The highest BCUT2D eigenvalue weighted by atomic mass is 35.5. The molecule has 1 fully saturated rings. The van der Waals surface area contributed by atoms with E-state index in [1.807, 2.05) is 0 Å². The molecule has 0 aliphatic carbocycles. The Morgan fingerprint density at radius 3 is 2.68 bits per heavy atom. The minimum Gasteiger partial charge on any atom is -0.507 e. The van der Waals surface area contributed by atoms with Crippen molar-refractivity contribution in [2.24, 2.45) is 17.4 Å². The Balaban J connectivity index is 2.35. The van der Waals surface area contributed by atoms with E-state index in [1.54, 1.807) is 25.2 Å². The number of benzene rings is 1. The summed E-state index contributed by atoms with van der Waals surface area (Å²) in [4.78, 5) is 13.1. The Kier molecular flexibility index (Phi) is 7.12. The fraction of sp³-hybridized carbons (Fsp3) is 0.250. The summed E-state index contributed by atoms with van der Waals surface area (Å²) < 4.78 is 14.4. The number of hydrogen-bond donors (Lipinski definition) is 4. The largest absolute Gasteiger partial charge is 0.507 e. The van der Waals surface area contributed by atoms with Gasteiger partial charge in [-0.25, -0.2) is 4.39 Å². The first-order valence-corrected chi connectivity index (χ1v) is 9.02. The van der Waals surface area contributed by atoms with Gasteiger partial charge in [0.2, 0.25) is 5.91 Å². The number of nitrogens with one attached hydrogen (secondary N) is 1. The van der Waals surface area contributed by atoms with Gasteiger partial charge < -0.3 is 26.8 Å². The summed E-state index contributed by atoms with van der Waals surface area (Å²) in [6, 6.07) is 6.57. The van der Waals surface area contributed by atoms with Crippen molar-refractivity contribution in [2.45, 2.75) is 6.17 Å². The summed E-state index contributed by atoms with van der Waals surface area (Å²) >= 11 is 6.43. The summed E-state index contributed by atoms with van der Waals surface area (Å²) in [5.41, 5.74) is 13.1. The molecule has 6 N–H and O–H groups in total. The summed E-state index contributed by atoms with van der Waals surface area (Å²) in [7, 11) is 1.61. The molecule has 1 aliphatic rings. The Hall–Kier alpha value is -2.93. The smallest absolute Gasteiger partial charge is 0.246 e. The number of amides is 1. The Labute approximate surface area is 168 Å². The summed E-state index contributed by atoms with van der Waals surface area (Å²) in [6.45, 7) is 3.58. The van der Waals surface area contributed by atoms with Crippen molar-refractivity contribution in [1.29, 1.82) is 0 Å². The van der Waals surface area contributed by atoms with Crippen LogP contribution in [0.2, 0.25) is 0 Å². The summed E-state index contributed by atoms with van der Waals surface area (Å²) in [5.74, 6) is -0.677. The SMILES string of the molecule is C=CC(=O)N1CC(F)[C@@H](/C=C(Cl)/C(/C=C(\N)c2ccccc2O)=C(/N)NC)C1. The van der Waals surface area contributed by atoms with E-state index in [1.165, 1.54) is 23.1 Å². The van der Waals surface area contributed by atoms with Gasteiger partial charge in [-0.1, -0.05) is 36.4 Å². The molecule has 2 atom stereocenters. The predicted octanol–water partition coefficient (Wildman–Crippen LogP) is 2.19. The topological polar surface area (TPSA) is 105 Å². The van der Waals surface area contributed by atoms with E-state index in [0.29, 0.717) is 11.1 Å². The number of allylic oxidation sites excluding steroid dienone is 3. The van der Waals surface area contributed by atoms with Gasteiger partial charge in [-0.2, -0.15) is 0 Å². The first kappa shape index (κ1) is 21.4. The second-order valence-corrected chi connectivity index (χ2v) is 6.74. The second-order valence-electron chi connectivity index (χ2n) is 6.34. The lowest BCUT2D eigenvalue weighted by Gasteiger charge is -2.13. The lowest BCUT2D eigenvalue weighted by Crippen LogP contribution is -2.27. The molecule has 1 unspecified atom stereocenters. The zero-order valence-electron chi connectivity index (χ0n) is 15.5. The maximum absolute atomic E-state index is 14.4. The first-order chi connectivity index (χ1) is 13.3. The molecule has 0 spiro atoms. The van der Waals surface area contributed by atoms with Crippen molar-refractivity contribution >= 4 is 23.2 Å². The number of alkyl halides is 1. The highest BCUT2D eigenvalue weighted by Crippen LogP contribution is 2.29. The molecule has 0 aromatic heterocycles. The number of halogens is 2. The van der Waals surface area contributed by atoms with Crippen LogP contribution in [0.1, 0.15) is 5.56 Å². The van der Waals surface area contributed by atoms with Gasteiger partial charge in [0.05, 0.1) is 6.54 Å². The van der Waals surface area contributed by atoms with Crippen molar-refractivity contribution in [2.75, 3.05) is 20.1 Å². The average molecular weight is 407 g/mol. The molecule has 1 aliphatic heterocycles. The summed E-state index contributed by atoms with van der Waals surface area (Å²) in [6.07, 6.45) is 2.93. The van der Waals surface area contributed by atoms with Gasteiger partial charge in [-0.15, -0.1) is 0 Å². The lowest BCUT2D eigenvalue weighted by atomic mass is 10.0. The second kappa shape index (κ2) is 9.32. The van der Waals surface area contributed by atoms with E-state index in [-0.39, 0.29) is 41.3 Å². The molecule has 1 heterocycles. The van der Waals surface area contributed by atoms with E-state index in [0.717, 1.165) is 6.08 Å². The molecule has 1 aromatic carbocycles. The number of phenols is 1. The van der Waals surface area contributed by atoms with Crippen LogP contribution in [-0.4, -0.2) is 42.2 Å². The van der Waals surface area contributed by atoms with Gasteiger partial charge in [-0.05, 0) is 24.3 Å². The van der Waals surface area contributed by atoms with Crippen LogP contribution in [-0.2, 0) is 4.79 Å². The lowest BCUT2D eigenvalue weighted by molar-refractivity contribution is -0.125. The maximum Gasteiger partial charge on any atom is 0.246 e. The van der Waals surface area contributed by atoms with E-state index in [2.05, 4.69) is 11.9 Å². The van der Waals surface area contributed by atoms with Crippen LogP contribution in [0.4, 0.5) is 4.39 Å². The predicted molar refractivity (Wildman–Crippen MR) is 110 cm³/mol. The highest BCUT2D eigenvalue weighted by Gasteiger charge is 2.33. The molecule has 0 radical (unpaired) electrons. The van der Waals surface area contributed by atoms with Gasteiger partial charge in [0, 0.05) is 41.4 Å². The molecule has 0 saturated carbocycles. The Morgan fingerprint density at radius 2 is 2.07 bits per heavy atom. The number of likely N-dealkylation sites (tertiary alicyclic amines) is 1. The number of carbonyl (C=O) groups excluding carboxylic acids is 1. The molecule has 6 nitrogen and oxygen atoms in total. The van der Waals surface area contributed by atoms with Crippen molar-refractivity contribution in [3.63, 3.8) is 0 Å². The van der Waals surface area contributed by atoms with Crippen LogP contribution in [0.25, 0.3) is 5.70 Å². The quantitative estimate of drug-likeness (QED) is 0.428. The monoisotopic (exact) mass is 406 g/mol. The number of nitrogens with zero attached hydrogens (tertiary/aromatic N) is 1. The van der Waals surface area contributed by atoms with Crippen molar-refractivity contribution in [1.82, 2.24) is 10.2 Å². The van der Waals surface area contributed by atoms with Crippen LogP contribution < -0.4 is 16.8 Å². The van der Waals surface area contributed by atoms with Gasteiger partial charge >= 0.3 is 0 Å². The van der Waals surface area contributed by atoms with E-state index < -0.39 is 12.1 Å². The minimum absolute atomic E-state index is 0.0110. The molecule has 2 rings (SSSR count). The highest BCUT2D eigenvalue weighted by molar-refractivity contribution is 6.32. The Morgan fingerprint density at radius 1 is 1.39 bits per heavy atom. The number of hydrogen-bond acceptors (Lipinski definition) is 5. The standard InChI is InChI=1S/C20H24ClFN4O2/c1-3-19(28)26-10-12(16(22)11-26)8-15(21)14(20(24)25-2)9-17(23)13-6-4-5-7-18(13)27/h3-9,12,16,25,27H,1,10-11,23-24H2,2H3/b15-8-,17-9-,20-14-/t12-,16?/m0/s1. The van der Waals surface area contributed by atoms with Crippen LogP contribution in [0, 0.1) is 5.92 Å². The third kappa shape index (κ3) is 4.86. The van der Waals surface area contributed by atoms with E-state index >= 15 is 0 Å². The number of phenolic OH excluding ortho intramolecular Hbond substituents is 1. The minimum atomic E-state index is -1.26. The van der Waals surface area contributed by atoms with Gasteiger partial charge in [0.1, 0.15) is 17.7 Å². The molecular weight excluding hydrogens is 383 g/mol. The average Bonchev–Trinajstić information content (AvgIpc) is 3.05. The molecule has 1 saturated heterocycles. The summed E-state index contributed by atoms with van der Waals surface area (Å²) in [5, 5.41) is 12.9. The zero-order valence-corrected chi connectivity index (χ0v) is 16.3. The van der Waals surface area contributed by atoms with Crippen molar-refractivity contribution in [3.8, 4) is 5.75 Å². The number of para-hydroxylation sites is 1. The third-order valence-electron chi connectivity index (χ3n) is 4.47. The molecule has 8 heteroatoms. The third-order valence-corrected chi connectivity index (χ3v) is 4.80. The fourth-order valence-electron chi connectivity index (χ4n) is 2.89. The van der Waals surface area contributed by atoms with Crippen LogP contribution in [0.3, 0.4) is 0 Å². The van der Waals surface area contributed by atoms with E-state index in [4.69, 9.17) is 23.1 Å². The van der Waals surface area contributed by atoms with Gasteiger partial charge in [0.15, 0.2) is 0 Å². The number of rotatable bonds is 6. The molecule has 0 bridgehead atoms. The molecular formula is C20H24ClFN4O2. The Bertz CT molecular complexity index is 850. The van der Waals surface area contributed by atoms with Gasteiger partial charge in [-0.3, -0.25) is 4.79 Å². The van der Waals surface area contributed by atoms with Crippen LogP contribution in [0.5, 0.6) is 5.75 Å². The fourth-order valence-corrected chi connectivity index (χ4v) is 3.21. The zero-order chi connectivity index (χ0) is 20.8. The van der Waals surface area contributed by atoms with Crippen LogP contribution in [0.15, 0.2) is 65.5 Å². The van der Waals surface area contributed by atoms with Crippen molar-refractivity contribution < 1.29 is 14.3 Å². The molecule has 1 aromatic rings. The van der Waals surface area contributed by atoms with Crippen molar-refractivity contribution in [3.05, 3.63) is 71.1 Å². The molecule has 1 amide bonds. The molecule has 150 valence electrons. The normalized spacial score (nSPS) is 21.3. The van der Waals surface area contributed by atoms with E-state index in [9.17, 15) is 14.3 Å². The van der Waals surface area contributed by atoms with Crippen LogP contribution >= 0.6 is 11.6 Å².